The number of aromatic amines is 1. The first-order valence-electron chi connectivity index (χ1n) is 11.4. The Morgan fingerprint density at radius 1 is 1.12 bits per heavy atom. The highest BCUT2D eigenvalue weighted by molar-refractivity contribution is 5.88. The highest BCUT2D eigenvalue weighted by Gasteiger charge is 2.38. The predicted molar refractivity (Wildman–Crippen MR) is 119 cm³/mol. The second-order valence-electron chi connectivity index (χ2n) is 9.18. The first kappa shape index (κ1) is 22.5. The van der Waals surface area contributed by atoms with Crippen LogP contribution in [0.1, 0.15) is 71.9 Å². The number of fused-ring (bicyclic) bond motifs is 3. The molecule has 5 rings (SSSR count). The fraction of sp³-hybridized carbons (Fsp3) is 0.385. The zero-order valence-corrected chi connectivity index (χ0v) is 18.4. The van der Waals surface area contributed by atoms with Crippen molar-refractivity contribution in [1.29, 1.82) is 0 Å². The number of H-pyrrole nitrogens is 1. The van der Waals surface area contributed by atoms with Crippen LogP contribution in [0.2, 0.25) is 0 Å². The Bertz CT molecular complexity index is 1280. The van der Waals surface area contributed by atoms with Gasteiger partial charge in [-0.3, -0.25) is 9.59 Å². The van der Waals surface area contributed by atoms with Crippen molar-refractivity contribution >= 4 is 22.7 Å². The van der Waals surface area contributed by atoms with Gasteiger partial charge in [-0.2, -0.15) is 13.2 Å². The number of ketones is 1. The van der Waals surface area contributed by atoms with Gasteiger partial charge in [0.2, 0.25) is 0 Å². The zero-order valence-electron chi connectivity index (χ0n) is 18.4. The maximum atomic E-state index is 13.8. The lowest BCUT2D eigenvalue weighted by Gasteiger charge is -2.18. The number of aryl methyl sites for hydroxylation is 1. The molecule has 2 atom stereocenters. The molecule has 2 N–H and O–H groups in total. The lowest BCUT2D eigenvalue weighted by atomic mass is 9.90. The predicted octanol–water partition coefficient (Wildman–Crippen LogP) is 6.11. The quantitative estimate of drug-likeness (QED) is 0.455. The molecule has 0 saturated heterocycles. The van der Waals surface area contributed by atoms with Crippen molar-refractivity contribution in [1.82, 2.24) is 4.98 Å². The summed E-state index contributed by atoms with van der Waals surface area (Å²) in [6, 6.07) is 9.54. The van der Waals surface area contributed by atoms with E-state index >= 15 is 0 Å². The van der Waals surface area contributed by atoms with Gasteiger partial charge in [0.05, 0.1) is 12.0 Å². The van der Waals surface area contributed by atoms with Crippen LogP contribution in [0.25, 0.3) is 10.9 Å². The number of hydrogen-bond donors (Lipinski definition) is 2. The molecule has 2 aliphatic rings. The first-order valence-corrected chi connectivity index (χ1v) is 11.4. The summed E-state index contributed by atoms with van der Waals surface area (Å²) in [5.41, 5.74) is 2.58. The smallest absolute Gasteiger partial charge is 0.416 e. The van der Waals surface area contributed by atoms with Crippen molar-refractivity contribution in [3.8, 4) is 5.75 Å². The van der Waals surface area contributed by atoms with Crippen LogP contribution in [0.3, 0.4) is 0 Å². The van der Waals surface area contributed by atoms with Gasteiger partial charge in [0.1, 0.15) is 18.1 Å². The minimum Gasteiger partial charge on any atom is -0.489 e. The molecule has 0 unspecified atom stereocenters. The number of aliphatic carboxylic acids is 1. The number of benzene rings is 2. The van der Waals surface area contributed by atoms with Crippen LogP contribution in [0, 0.1) is 0 Å². The Balaban J connectivity index is 1.37. The van der Waals surface area contributed by atoms with Gasteiger partial charge in [-0.1, -0.05) is 12.1 Å². The summed E-state index contributed by atoms with van der Waals surface area (Å²) in [7, 11) is 0. The standard InChI is InChI=1S/C26H24F3NO4/c27-26(28,29)21-10-14(4-7-17(21)18-2-1-3-23(18)31)13-34-16-6-9-22-20(12-16)19-8-5-15(11-24(32)33)25(19)30-22/h4,6-7,9-10,12,15,18,30H,1-3,5,8,11,13H2,(H,32,33)/t15-,18+/m0/s1. The molecule has 2 aromatic carbocycles. The normalized spacial score (nSPS) is 20.1. The van der Waals surface area contributed by atoms with Gasteiger partial charge in [-0.05, 0) is 66.6 Å². The average Bonchev–Trinajstić information content (AvgIpc) is 3.47. The summed E-state index contributed by atoms with van der Waals surface area (Å²) in [4.78, 5) is 26.5. The number of aromatic nitrogens is 1. The van der Waals surface area contributed by atoms with Crippen molar-refractivity contribution in [2.24, 2.45) is 0 Å². The third-order valence-corrected chi connectivity index (χ3v) is 6.99. The van der Waals surface area contributed by atoms with Crippen LogP contribution < -0.4 is 4.74 Å². The fourth-order valence-electron chi connectivity index (χ4n) is 5.39. The lowest BCUT2D eigenvalue weighted by molar-refractivity contribution is -0.139. The maximum Gasteiger partial charge on any atom is 0.416 e. The molecule has 8 heteroatoms. The number of nitrogens with one attached hydrogen (secondary N) is 1. The number of carbonyl (C=O) groups is 2. The van der Waals surface area contributed by atoms with Crippen LogP contribution >= 0.6 is 0 Å². The monoisotopic (exact) mass is 471 g/mol. The number of alkyl halides is 3. The molecule has 0 radical (unpaired) electrons. The number of Topliss-reactive ketones (excluding diaryl/α,β-unsaturated/α-hetero) is 1. The second kappa shape index (κ2) is 8.49. The van der Waals surface area contributed by atoms with Gasteiger partial charge < -0.3 is 14.8 Å². The van der Waals surface area contributed by atoms with Crippen molar-refractivity contribution < 1.29 is 32.6 Å². The minimum atomic E-state index is -4.55. The largest absolute Gasteiger partial charge is 0.489 e. The lowest BCUT2D eigenvalue weighted by Crippen LogP contribution is -2.15. The Hall–Kier alpha value is -3.29. The average molecular weight is 471 g/mol. The molecule has 34 heavy (non-hydrogen) atoms. The number of halogens is 3. The molecule has 2 aliphatic carbocycles. The molecule has 0 aliphatic heterocycles. The van der Waals surface area contributed by atoms with E-state index in [1.807, 2.05) is 12.1 Å². The Kier molecular flexibility index (Phi) is 5.62. The highest BCUT2D eigenvalue weighted by Crippen LogP contribution is 2.42. The van der Waals surface area contributed by atoms with E-state index in [1.54, 1.807) is 12.1 Å². The van der Waals surface area contributed by atoms with E-state index in [1.165, 1.54) is 6.07 Å². The summed E-state index contributed by atoms with van der Waals surface area (Å²) in [6.07, 6.45) is -1.54. The van der Waals surface area contributed by atoms with E-state index in [4.69, 9.17) is 9.84 Å². The number of carbonyl (C=O) groups excluding carboxylic acids is 1. The van der Waals surface area contributed by atoms with Crippen molar-refractivity contribution in [3.05, 3.63) is 64.3 Å². The van der Waals surface area contributed by atoms with E-state index in [-0.39, 0.29) is 30.3 Å². The van der Waals surface area contributed by atoms with Gasteiger partial charge in [0, 0.05) is 34.9 Å². The number of carboxylic acid groups (broad SMARTS) is 1. The Labute approximate surface area is 193 Å². The second-order valence-corrected chi connectivity index (χ2v) is 9.18. The molecular formula is C26H24F3NO4. The number of ether oxygens (including phenoxy) is 1. The number of rotatable bonds is 6. The summed E-state index contributed by atoms with van der Waals surface area (Å²) >= 11 is 0. The van der Waals surface area contributed by atoms with Gasteiger partial charge in [-0.25, -0.2) is 0 Å². The zero-order chi connectivity index (χ0) is 24.0. The van der Waals surface area contributed by atoms with Gasteiger partial charge in [0.25, 0.3) is 0 Å². The summed E-state index contributed by atoms with van der Waals surface area (Å²) in [5, 5.41) is 10.1. The molecule has 3 aromatic rings. The molecule has 0 amide bonds. The maximum absolute atomic E-state index is 13.8. The summed E-state index contributed by atoms with van der Waals surface area (Å²) in [6.45, 7) is -0.0399. The van der Waals surface area contributed by atoms with Crippen LogP contribution in [0.15, 0.2) is 36.4 Å². The van der Waals surface area contributed by atoms with Crippen molar-refractivity contribution in [2.45, 2.75) is 63.1 Å². The highest BCUT2D eigenvalue weighted by atomic mass is 19.4. The number of carboxylic acids is 1. The Morgan fingerprint density at radius 2 is 1.94 bits per heavy atom. The van der Waals surface area contributed by atoms with Crippen LogP contribution in [0.5, 0.6) is 5.75 Å². The SMILES string of the molecule is O=C(O)C[C@@H]1CCc2c1[nH]c1ccc(OCc3ccc([C@H]4CCCC4=O)c(C(F)(F)F)c3)cc21. The number of hydrogen-bond acceptors (Lipinski definition) is 3. The summed E-state index contributed by atoms with van der Waals surface area (Å²) in [5.74, 6) is -1.17. The van der Waals surface area contributed by atoms with E-state index in [9.17, 15) is 22.8 Å². The molecule has 1 fully saturated rings. The third kappa shape index (κ3) is 4.17. The van der Waals surface area contributed by atoms with E-state index in [0.717, 1.165) is 41.1 Å². The molecule has 1 aromatic heterocycles. The van der Waals surface area contributed by atoms with E-state index < -0.39 is 23.6 Å². The third-order valence-electron chi connectivity index (χ3n) is 6.99. The topological polar surface area (TPSA) is 79.4 Å². The minimum absolute atomic E-state index is 0.0399. The van der Waals surface area contributed by atoms with Gasteiger partial charge in [0.15, 0.2) is 0 Å². The van der Waals surface area contributed by atoms with E-state index in [2.05, 4.69) is 4.98 Å². The molecule has 178 valence electrons. The molecule has 0 spiro atoms. The Morgan fingerprint density at radius 3 is 2.65 bits per heavy atom. The van der Waals surface area contributed by atoms with Crippen molar-refractivity contribution in [2.75, 3.05) is 0 Å². The first-order chi connectivity index (χ1) is 16.2. The van der Waals surface area contributed by atoms with Crippen LogP contribution in [-0.4, -0.2) is 21.8 Å². The molecule has 5 nitrogen and oxygen atoms in total. The fourth-order valence-corrected chi connectivity index (χ4v) is 5.39. The van der Waals surface area contributed by atoms with Crippen LogP contribution in [-0.2, 0) is 28.8 Å². The van der Waals surface area contributed by atoms with Crippen molar-refractivity contribution in [3.63, 3.8) is 0 Å². The van der Waals surface area contributed by atoms with E-state index in [0.29, 0.717) is 30.6 Å². The van der Waals surface area contributed by atoms with Gasteiger partial charge >= 0.3 is 12.1 Å². The molecule has 1 heterocycles. The van der Waals surface area contributed by atoms with Crippen LogP contribution in [0.4, 0.5) is 13.2 Å². The summed E-state index contributed by atoms with van der Waals surface area (Å²) < 4.78 is 47.1. The molecule has 1 saturated carbocycles. The molecular weight excluding hydrogens is 447 g/mol. The molecule has 0 bridgehead atoms. The van der Waals surface area contributed by atoms with Gasteiger partial charge in [-0.15, -0.1) is 0 Å².